The number of pyridine rings is 1. The maximum Gasteiger partial charge on any atom is 0.267 e. The minimum atomic E-state index is -0.764. The minimum Gasteiger partial charge on any atom is -0.507 e. The highest BCUT2D eigenvalue weighted by Gasteiger charge is 2.17. The van der Waals surface area contributed by atoms with Crippen molar-refractivity contribution in [3.8, 4) is 5.75 Å². The van der Waals surface area contributed by atoms with E-state index in [9.17, 15) is 14.7 Å². The van der Waals surface area contributed by atoms with Crippen molar-refractivity contribution in [3.63, 3.8) is 0 Å². The van der Waals surface area contributed by atoms with Gasteiger partial charge in [-0.3, -0.25) is 14.9 Å². The average Bonchev–Trinajstić information content (AvgIpc) is 2.28. The largest absolute Gasteiger partial charge is 0.507 e. The summed E-state index contributed by atoms with van der Waals surface area (Å²) in [5, 5.41) is 11.9. The predicted molar refractivity (Wildman–Crippen MR) is 63.4 cm³/mol. The van der Waals surface area contributed by atoms with Crippen molar-refractivity contribution in [2.75, 3.05) is 5.32 Å². The van der Waals surface area contributed by atoms with Crippen LogP contribution in [0.4, 0.5) is 5.95 Å². The Morgan fingerprint density at radius 2 is 2.06 bits per heavy atom. The summed E-state index contributed by atoms with van der Waals surface area (Å²) in [7, 11) is 0. The van der Waals surface area contributed by atoms with Gasteiger partial charge in [0.1, 0.15) is 11.3 Å². The lowest BCUT2D eigenvalue weighted by Gasteiger charge is -2.05. The van der Waals surface area contributed by atoms with Crippen molar-refractivity contribution in [2.45, 2.75) is 6.92 Å². The lowest BCUT2D eigenvalue weighted by atomic mass is 10.2. The molecule has 2 rings (SSSR count). The molecule has 0 aliphatic heterocycles. The van der Waals surface area contributed by atoms with Gasteiger partial charge in [-0.25, -0.2) is 9.97 Å². The van der Waals surface area contributed by atoms with Gasteiger partial charge < -0.3 is 10.1 Å². The molecule has 0 aliphatic rings. The van der Waals surface area contributed by atoms with Crippen LogP contribution in [0.1, 0.15) is 16.1 Å². The molecule has 92 valence electrons. The number of aryl methyl sites for hydroxylation is 1. The van der Waals surface area contributed by atoms with E-state index in [1.165, 1.54) is 18.5 Å². The standard InChI is InChI=1S/C11H10N4O3/c1-6-5-7(16)8(9(17)14-6)10(18)15-11-12-3-2-4-13-11/h2-5H,1H3,(H2,14,16,17)(H,12,13,15,18). The number of aromatic nitrogens is 3. The molecule has 0 radical (unpaired) electrons. The lowest BCUT2D eigenvalue weighted by molar-refractivity contribution is 0.102. The zero-order valence-electron chi connectivity index (χ0n) is 9.47. The van der Waals surface area contributed by atoms with Crippen molar-refractivity contribution in [3.05, 3.63) is 46.1 Å². The fourth-order valence-electron chi connectivity index (χ4n) is 1.42. The number of nitrogens with zero attached hydrogens (tertiary/aromatic N) is 2. The Balaban J connectivity index is 2.33. The Morgan fingerprint density at radius 3 is 2.67 bits per heavy atom. The van der Waals surface area contributed by atoms with Gasteiger partial charge in [0.05, 0.1) is 0 Å². The minimum absolute atomic E-state index is 0.0573. The number of hydrogen-bond acceptors (Lipinski definition) is 5. The first kappa shape index (κ1) is 11.8. The van der Waals surface area contributed by atoms with Crippen LogP contribution in [0.15, 0.2) is 29.3 Å². The highest BCUT2D eigenvalue weighted by Crippen LogP contribution is 2.13. The van der Waals surface area contributed by atoms with E-state index < -0.39 is 11.5 Å². The molecule has 0 saturated carbocycles. The van der Waals surface area contributed by atoms with Crippen LogP contribution in [-0.2, 0) is 0 Å². The normalized spacial score (nSPS) is 10.1. The summed E-state index contributed by atoms with van der Waals surface area (Å²) in [5.74, 6) is -1.09. The van der Waals surface area contributed by atoms with Gasteiger partial charge in [0.2, 0.25) is 5.95 Å². The van der Waals surface area contributed by atoms with Gasteiger partial charge in [0.15, 0.2) is 0 Å². The highest BCUT2D eigenvalue weighted by molar-refractivity contribution is 6.04. The van der Waals surface area contributed by atoms with Gasteiger partial charge in [-0.2, -0.15) is 0 Å². The Morgan fingerprint density at radius 1 is 1.39 bits per heavy atom. The first-order valence-electron chi connectivity index (χ1n) is 5.09. The van der Waals surface area contributed by atoms with E-state index in [1.54, 1.807) is 13.0 Å². The Kier molecular flexibility index (Phi) is 3.05. The molecule has 0 aromatic carbocycles. The van der Waals surface area contributed by atoms with Crippen LogP contribution < -0.4 is 10.9 Å². The molecular formula is C11H10N4O3. The van der Waals surface area contributed by atoms with Crippen LogP contribution in [-0.4, -0.2) is 26.0 Å². The maximum absolute atomic E-state index is 11.8. The number of amides is 1. The topological polar surface area (TPSA) is 108 Å². The van der Waals surface area contributed by atoms with Gasteiger partial charge >= 0.3 is 0 Å². The fraction of sp³-hybridized carbons (Fsp3) is 0.0909. The third-order valence-corrected chi connectivity index (χ3v) is 2.17. The molecule has 2 aromatic rings. The van der Waals surface area contributed by atoms with Crippen molar-refractivity contribution >= 4 is 11.9 Å². The van der Waals surface area contributed by atoms with Crippen molar-refractivity contribution in [1.82, 2.24) is 15.0 Å². The summed E-state index contributed by atoms with van der Waals surface area (Å²) in [4.78, 5) is 33.4. The lowest BCUT2D eigenvalue weighted by Crippen LogP contribution is -2.24. The van der Waals surface area contributed by atoms with Crippen molar-refractivity contribution in [1.29, 1.82) is 0 Å². The van der Waals surface area contributed by atoms with E-state index in [0.29, 0.717) is 5.69 Å². The van der Waals surface area contributed by atoms with Gasteiger partial charge in [0, 0.05) is 18.1 Å². The number of rotatable bonds is 2. The molecule has 0 bridgehead atoms. The van der Waals surface area contributed by atoms with Crippen LogP contribution in [0.3, 0.4) is 0 Å². The van der Waals surface area contributed by atoms with Crippen LogP contribution in [0, 0.1) is 6.92 Å². The smallest absolute Gasteiger partial charge is 0.267 e. The summed E-state index contributed by atoms with van der Waals surface area (Å²) in [6, 6.07) is 2.88. The number of aromatic amines is 1. The monoisotopic (exact) mass is 246 g/mol. The Labute approximate surface area is 102 Å². The molecule has 0 saturated heterocycles. The van der Waals surface area contributed by atoms with Crippen LogP contribution >= 0.6 is 0 Å². The van der Waals surface area contributed by atoms with E-state index >= 15 is 0 Å². The molecule has 7 heteroatoms. The molecule has 0 spiro atoms. The van der Waals surface area contributed by atoms with E-state index in [1.807, 2.05) is 0 Å². The zero-order chi connectivity index (χ0) is 13.1. The SMILES string of the molecule is Cc1cc(O)c(C(=O)Nc2ncccn2)c(=O)[nH]1. The molecular weight excluding hydrogens is 236 g/mol. The second-order valence-corrected chi connectivity index (χ2v) is 3.57. The second-order valence-electron chi connectivity index (χ2n) is 3.57. The molecule has 0 aliphatic carbocycles. The van der Waals surface area contributed by atoms with E-state index in [-0.39, 0.29) is 17.3 Å². The molecule has 0 unspecified atom stereocenters. The molecule has 2 heterocycles. The van der Waals surface area contributed by atoms with Crippen molar-refractivity contribution in [2.24, 2.45) is 0 Å². The Hall–Kier alpha value is -2.70. The predicted octanol–water partition coefficient (Wildman–Crippen LogP) is 0.431. The summed E-state index contributed by atoms with van der Waals surface area (Å²) in [5.41, 5.74) is -0.570. The van der Waals surface area contributed by atoms with E-state index in [0.717, 1.165) is 0 Å². The number of hydrogen-bond donors (Lipinski definition) is 3. The zero-order valence-corrected chi connectivity index (χ0v) is 9.47. The Bertz CT molecular complexity index is 636. The first-order valence-corrected chi connectivity index (χ1v) is 5.09. The second kappa shape index (κ2) is 4.66. The number of nitrogens with one attached hydrogen (secondary N) is 2. The van der Waals surface area contributed by atoms with Gasteiger partial charge in [-0.05, 0) is 19.1 Å². The number of anilines is 1. The number of carbonyl (C=O) groups is 1. The summed E-state index contributed by atoms with van der Waals surface area (Å²) >= 11 is 0. The van der Waals surface area contributed by atoms with Crippen LogP contribution in [0.25, 0.3) is 0 Å². The molecule has 1 amide bonds. The summed E-state index contributed by atoms with van der Waals surface area (Å²) in [6.45, 7) is 1.60. The van der Waals surface area contributed by atoms with Crippen molar-refractivity contribution < 1.29 is 9.90 Å². The van der Waals surface area contributed by atoms with Gasteiger partial charge in [-0.15, -0.1) is 0 Å². The van der Waals surface area contributed by atoms with Gasteiger partial charge in [0.25, 0.3) is 11.5 Å². The maximum atomic E-state index is 11.8. The van der Waals surface area contributed by atoms with Crippen LogP contribution in [0.2, 0.25) is 0 Å². The summed E-state index contributed by atoms with van der Waals surface area (Å²) < 4.78 is 0. The number of H-pyrrole nitrogens is 1. The van der Waals surface area contributed by atoms with Gasteiger partial charge in [-0.1, -0.05) is 0 Å². The fourth-order valence-corrected chi connectivity index (χ4v) is 1.42. The molecule has 0 atom stereocenters. The molecule has 0 fully saturated rings. The quantitative estimate of drug-likeness (QED) is 0.712. The average molecular weight is 246 g/mol. The third kappa shape index (κ3) is 2.34. The van der Waals surface area contributed by atoms with E-state index in [4.69, 9.17) is 0 Å². The van der Waals surface area contributed by atoms with E-state index in [2.05, 4.69) is 20.3 Å². The number of carbonyl (C=O) groups excluding carboxylic acids is 1. The molecule has 18 heavy (non-hydrogen) atoms. The highest BCUT2D eigenvalue weighted by atomic mass is 16.3. The third-order valence-electron chi connectivity index (χ3n) is 2.17. The van der Waals surface area contributed by atoms with Crippen LogP contribution in [0.5, 0.6) is 5.75 Å². The molecule has 7 nitrogen and oxygen atoms in total. The summed E-state index contributed by atoms with van der Waals surface area (Å²) in [6.07, 6.45) is 2.89. The first-order chi connectivity index (χ1) is 8.58. The molecule has 3 N–H and O–H groups in total. The molecule has 2 aromatic heterocycles. The number of aromatic hydroxyl groups is 1.